The maximum atomic E-state index is 15.3. The van der Waals surface area contributed by atoms with Gasteiger partial charge in [0.1, 0.15) is 23.6 Å². The van der Waals surface area contributed by atoms with Crippen LogP contribution >= 0.6 is 7.75 Å². The number of rotatable bonds is 18. The summed E-state index contributed by atoms with van der Waals surface area (Å²) in [7, 11) is -2.79. The minimum atomic E-state index is -4.33. The molecule has 44 heavy (non-hydrogen) atoms. The molecule has 0 amide bonds. The van der Waals surface area contributed by atoms with Crippen LogP contribution in [0, 0.1) is 0 Å². The van der Waals surface area contributed by atoms with Crippen molar-refractivity contribution in [3.8, 4) is 11.5 Å². The Labute approximate surface area is 253 Å². The molecule has 0 spiro atoms. The molecule has 0 fully saturated rings. The minimum absolute atomic E-state index is 0.0807. The fraction of sp³-hybridized carbons (Fsp3) is 0.414. The molecule has 2 N–H and O–H groups in total. The first-order chi connectivity index (χ1) is 21.0. The highest BCUT2D eigenvalue weighted by atomic mass is 31.2. The number of carbonyl (C=O) groups is 1. The summed E-state index contributed by atoms with van der Waals surface area (Å²) in [6.07, 6.45) is -0.658. The van der Waals surface area contributed by atoms with Gasteiger partial charge in [0.25, 0.3) is 12.0 Å². The van der Waals surface area contributed by atoms with Crippen LogP contribution in [-0.4, -0.2) is 54.1 Å². The molecule has 15 heteroatoms. The first kappa shape index (κ1) is 34.7. The van der Waals surface area contributed by atoms with Gasteiger partial charge in [0.15, 0.2) is 0 Å². The lowest BCUT2D eigenvalue weighted by Gasteiger charge is -2.29. The SMILES string of the molecule is CCCOC(=O)[C@H](C)NP(=O)(OC[C@@H](O[C@H](F)n1ccc(=O)[nH]c1=O)[C@H](C)OCc1ccc(OC)cc1)Oc1ccccc1. The predicted octanol–water partition coefficient (Wildman–Crippen LogP) is 4.10. The second kappa shape index (κ2) is 16.9. The van der Waals surface area contributed by atoms with Crippen molar-refractivity contribution in [1.29, 1.82) is 0 Å². The van der Waals surface area contributed by atoms with Gasteiger partial charge in [-0.05, 0) is 50.1 Å². The molecule has 0 aliphatic rings. The zero-order valence-corrected chi connectivity index (χ0v) is 25.7. The third kappa shape index (κ3) is 10.7. The summed E-state index contributed by atoms with van der Waals surface area (Å²) in [5.41, 5.74) is -0.994. The number of para-hydroxylation sites is 1. The number of halogens is 1. The molecule has 3 aromatic rings. The smallest absolute Gasteiger partial charge is 0.459 e. The second-order valence-electron chi connectivity index (χ2n) is 9.56. The lowest BCUT2D eigenvalue weighted by Crippen LogP contribution is -2.39. The van der Waals surface area contributed by atoms with E-state index in [0.717, 1.165) is 17.8 Å². The van der Waals surface area contributed by atoms with E-state index in [1.54, 1.807) is 56.5 Å². The van der Waals surface area contributed by atoms with E-state index in [0.29, 0.717) is 16.7 Å². The van der Waals surface area contributed by atoms with Gasteiger partial charge in [-0.1, -0.05) is 37.3 Å². The molecule has 0 aliphatic carbocycles. The molecule has 1 aromatic heterocycles. The van der Waals surface area contributed by atoms with E-state index in [4.69, 9.17) is 28.0 Å². The topological polar surface area (TPSA) is 156 Å². The molecule has 0 aliphatic heterocycles. The monoisotopic (exact) mass is 637 g/mol. The van der Waals surface area contributed by atoms with Crippen molar-refractivity contribution in [2.45, 2.75) is 58.5 Å². The summed E-state index contributed by atoms with van der Waals surface area (Å²) < 4.78 is 62.8. The molecule has 1 unspecified atom stereocenters. The quantitative estimate of drug-likeness (QED) is 0.153. The highest BCUT2D eigenvalue weighted by molar-refractivity contribution is 7.52. The number of carbonyl (C=O) groups excluding carboxylic acids is 1. The molecule has 0 radical (unpaired) electrons. The Balaban J connectivity index is 1.83. The van der Waals surface area contributed by atoms with E-state index in [2.05, 4.69) is 5.09 Å². The Morgan fingerprint density at radius 1 is 1.05 bits per heavy atom. The second-order valence-corrected chi connectivity index (χ2v) is 11.3. The summed E-state index contributed by atoms with van der Waals surface area (Å²) in [5.74, 6) is 0.136. The van der Waals surface area contributed by atoms with Crippen LogP contribution in [0.5, 0.6) is 11.5 Å². The lowest BCUT2D eigenvalue weighted by atomic mass is 10.2. The van der Waals surface area contributed by atoms with Crippen molar-refractivity contribution < 1.29 is 41.7 Å². The zero-order valence-electron chi connectivity index (χ0n) is 24.8. The highest BCUT2D eigenvalue weighted by Gasteiger charge is 2.35. The van der Waals surface area contributed by atoms with Crippen LogP contribution < -0.4 is 25.6 Å². The van der Waals surface area contributed by atoms with Crippen LogP contribution in [-0.2, 0) is 34.7 Å². The number of nitrogens with zero attached hydrogens (tertiary/aromatic N) is 1. The van der Waals surface area contributed by atoms with E-state index in [1.807, 2.05) is 11.9 Å². The summed E-state index contributed by atoms with van der Waals surface area (Å²) in [5, 5.41) is 2.55. The van der Waals surface area contributed by atoms with Crippen molar-refractivity contribution in [2.75, 3.05) is 20.3 Å². The average Bonchev–Trinajstić information content (AvgIpc) is 3.01. The number of esters is 1. The predicted molar refractivity (Wildman–Crippen MR) is 158 cm³/mol. The Hall–Kier alpha value is -3.81. The molecule has 3 rings (SSSR count). The number of benzene rings is 2. The van der Waals surface area contributed by atoms with Crippen molar-refractivity contribution in [1.82, 2.24) is 14.6 Å². The fourth-order valence-electron chi connectivity index (χ4n) is 3.64. The van der Waals surface area contributed by atoms with Crippen LogP contribution in [0.25, 0.3) is 0 Å². The van der Waals surface area contributed by atoms with Crippen molar-refractivity contribution >= 4 is 13.7 Å². The van der Waals surface area contributed by atoms with Crippen molar-refractivity contribution in [3.63, 3.8) is 0 Å². The number of ether oxygens (including phenoxy) is 4. The van der Waals surface area contributed by atoms with Crippen LogP contribution in [0.3, 0.4) is 0 Å². The highest BCUT2D eigenvalue weighted by Crippen LogP contribution is 2.45. The van der Waals surface area contributed by atoms with Gasteiger partial charge in [-0.15, -0.1) is 0 Å². The van der Waals surface area contributed by atoms with Crippen LogP contribution in [0.15, 0.2) is 76.4 Å². The number of hydrogen-bond acceptors (Lipinski definition) is 10. The van der Waals surface area contributed by atoms with Gasteiger partial charge in [-0.25, -0.2) is 13.9 Å². The van der Waals surface area contributed by atoms with Gasteiger partial charge in [0.2, 0.25) is 0 Å². The Kier molecular flexibility index (Phi) is 13.3. The molecular weight excluding hydrogens is 600 g/mol. The van der Waals surface area contributed by atoms with E-state index in [-0.39, 0.29) is 19.0 Å². The Bertz CT molecular complexity index is 1480. The van der Waals surface area contributed by atoms with E-state index in [1.165, 1.54) is 19.1 Å². The Morgan fingerprint density at radius 3 is 2.39 bits per heavy atom. The number of nitrogens with one attached hydrogen (secondary N) is 2. The maximum absolute atomic E-state index is 15.3. The van der Waals surface area contributed by atoms with E-state index < -0.39 is 56.3 Å². The van der Waals surface area contributed by atoms with Gasteiger partial charge in [-0.2, -0.15) is 9.48 Å². The number of aromatic nitrogens is 2. The van der Waals surface area contributed by atoms with Gasteiger partial charge < -0.3 is 23.5 Å². The summed E-state index contributed by atoms with van der Waals surface area (Å²) in [6, 6.07) is 15.0. The number of aromatic amines is 1. The summed E-state index contributed by atoms with van der Waals surface area (Å²) in [4.78, 5) is 38.0. The van der Waals surface area contributed by atoms with Crippen LogP contribution in [0.1, 0.15) is 39.2 Å². The van der Waals surface area contributed by atoms with Gasteiger partial charge >= 0.3 is 19.4 Å². The summed E-state index contributed by atoms with van der Waals surface area (Å²) in [6.45, 7) is 2.11. The molecular formula is C29H37FN3O10P. The summed E-state index contributed by atoms with van der Waals surface area (Å²) >= 11 is 0. The molecule has 0 saturated heterocycles. The largest absolute Gasteiger partial charge is 0.497 e. The number of H-pyrrole nitrogens is 1. The molecule has 1 heterocycles. The standard InChI is InChI=1S/C29H37FN3O10P/c1-5-17-39-27(35)20(2)32-44(37,43-24-9-7-6-8-10-24)41-19-25(42-28(30)33-16-15-26(34)31-29(33)36)21(3)40-18-22-11-13-23(38-4)14-12-22/h6-16,20-21,25,28H,5,17-19H2,1-4H3,(H,32,37)(H,31,34,36)/t20-,21-,25+,28+,44?/m0/s1. The lowest BCUT2D eigenvalue weighted by molar-refractivity contribution is -0.184. The fourth-order valence-corrected chi connectivity index (χ4v) is 5.14. The van der Waals surface area contributed by atoms with E-state index in [9.17, 15) is 18.9 Å². The number of hydrogen-bond donors (Lipinski definition) is 2. The third-order valence-electron chi connectivity index (χ3n) is 6.08. The molecule has 0 saturated carbocycles. The average molecular weight is 638 g/mol. The van der Waals surface area contributed by atoms with Gasteiger partial charge in [0.05, 0.1) is 33.0 Å². The van der Waals surface area contributed by atoms with Crippen LogP contribution in [0.4, 0.5) is 4.39 Å². The third-order valence-corrected chi connectivity index (χ3v) is 7.73. The van der Waals surface area contributed by atoms with Crippen LogP contribution in [0.2, 0.25) is 0 Å². The zero-order chi connectivity index (χ0) is 32.1. The van der Waals surface area contributed by atoms with Crippen molar-refractivity contribution in [2.24, 2.45) is 0 Å². The minimum Gasteiger partial charge on any atom is -0.497 e. The first-order valence-corrected chi connectivity index (χ1v) is 15.4. The van der Waals surface area contributed by atoms with E-state index >= 15 is 4.39 Å². The molecule has 5 atom stereocenters. The van der Waals surface area contributed by atoms with Gasteiger partial charge in [0, 0.05) is 12.3 Å². The normalized spacial score (nSPS) is 15.4. The molecule has 240 valence electrons. The maximum Gasteiger partial charge on any atom is 0.459 e. The first-order valence-electron chi connectivity index (χ1n) is 13.8. The molecule has 0 bridgehead atoms. The van der Waals surface area contributed by atoms with Crippen molar-refractivity contribution in [3.05, 3.63) is 93.3 Å². The number of methoxy groups -OCH3 is 1. The molecule has 13 nitrogen and oxygen atoms in total. The number of alkyl halides is 1. The van der Waals surface area contributed by atoms with Gasteiger partial charge in [-0.3, -0.25) is 19.1 Å². The molecule has 2 aromatic carbocycles. The Morgan fingerprint density at radius 2 is 1.75 bits per heavy atom.